The van der Waals surface area contributed by atoms with Gasteiger partial charge in [-0.15, -0.1) is 0 Å². The van der Waals surface area contributed by atoms with E-state index < -0.39 is 0 Å². The first-order valence-electron chi connectivity index (χ1n) is 10.3. The molecule has 4 rings (SSSR count). The second kappa shape index (κ2) is 9.39. The molecule has 2 N–H and O–H groups in total. The van der Waals surface area contributed by atoms with Gasteiger partial charge in [0.1, 0.15) is 5.75 Å². The normalized spacial score (nSPS) is 10.6. The first-order valence-corrected chi connectivity index (χ1v) is 10.3. The number of aromatic nitrogens is 4. The van der Waals surface area contributed by atoms with Crippen LogP contribution in [-0.2, 0) is 13.8 Å². The Morgan fingerprint density at radius 1 is 0.848 bits per heavy atom. The second-order valence-corrected chi connectivity index (χ2v) is 7.64. The van der Waals surface area contributed by atoms with Crippen molar-refractivity contribution in [2.24, 2.45) is 7.05 Å². The SMILES string of the molecule is Cc1ccc(C)c(OCn2ccc(C(=O)Nc3ccc(NC(=O)c4ccn(C)n4)cc3)n2)c1. The number of hydrogen-bond acceptors (Lipinski definition) is 5. The number of nitrogens with zero attached hydrogens (tertiary/aromatic N) is 4. The molecule has 168 valence electrons. The molecule has 0 saturated carbocycles. The molecule has 9 heteroatoms. The Morgan fingerprint density at radius 2 is 1.45 bits per heavy atom. The zero-order chi connectivity index (χ0) is 23.4. The fraction of sp³-hybridized carbons (Fsp3) is 0.167. The lowest BCUT2D eigenvalue weighted by atomic mass is 10.1. The molecule has 0 spiro atoms. The molecule has 4 aromatic rings. The summed E-state index contributed by atoms with van der Waals surface area (Å²) in [6.07, 6.45) is 3.39. The van der Waals surface area contributed by atoms with E-state index in [1.807, 2.05) is 32.0 Å². The summed E-state index contributed by atoms with van der Waals surface area (Å²) >= 11 is 0. The topological polar surface area (TPSA) is 103 Å². The average molecular weight is 444 g/mol. The second-order valence-electron chi connectivity index (χ2n) is 7.64. The monoisotopic (exact) mass is 444 g/mol. The number of benzene rings is 2. The van der Waals surface area contributed by atoms with Gasteiger partial charge in [0.25, 0.3) is 11.8 Å². The minimum Gasteiger partial charge on any atom is -0.471 e. The van der Waals surface area contributed by atoms with E-state index in [9.17, 15) is 9.59 Å². The lowest BCUT2D eigenvalue weighted by molar-refractivity contribution is 0.101. The molecule has 0 bridgehead atoms. The number of amides is 2. The molecule has 0 fully saturated rings. The smallest absolute Gasteiger partial charge is 0.276 e. The van der Waals surface area contributed by atoms with Gasteiger partial charge in [0.05, 0.1) is 0 Å². The molecule has 0 aliphatic rings. The van der Waals surface area contributed by atoms with E-state index >= 15 is 0 Å². The van der Waals surface area contributed by atoms with Gasteiger partial charge in [0, 0.05) is 30.8 Å². The molecular weight excluding hydrogens is 420 g/mol. The van der Waals surface area contributed by atoms with Crippen LogP contribution < -0.4 is 15.4 Å². The number of carbonyl (C=O) groups is 2. The van der Waals surface area contributed by atoms with Gasteiger partial charge in [-0.3, -0.25) is 14.3 Å². The molecule has 2 heterocycles. The van der Waals surface area contributed by atoms with E-state index in [4.69, 9.17) is 4.74 Å². The molecule has 2 aromatic carbocycles. The summed E-state index contributed by atoms with van der Waals surface area (Å²) in [4.78, 5) is 24.7. The zero-order valence-electron chi connectivity index (χ0n) is 18.6. The van der Waals surface area contributed by atoms with Gasteiger partial charge in [-0.05, 0) is 67.4 Å². The van der Waals surface area contributed by atoms with E-state index in [0.29, 0.717) is 17.1 Å². The zero-order valence-corrected chi connectivity index (χ0v) is 18.6. The minimum absolute atomic E-state index is 0.197. The summed E-state index contributed by atoms with van der Waals surface area (Å²) in [7, 11) is 1.75. The third-order valence-electron chi connectivity index (χ3n) is 4.92. The van der Waals surface area contributed by atoms with Crippen LogP contribution in [0.1, 0.15) is 32.1 Å². The van der Waals surface area contributed by atoms with Gasteiger partial charge < -0.3 is 15.4 Å². The van der Waals surface area contributed by atoms with Crippen LogP contribution >= 0.6 is 0 Å². The van der Waals surface area contributed by atoms with Crippen LogP contribution in [0.3, 0.4) is 0 Å². The van der Waals surface area contributed by atoms with Crippen molar-refractivity contribution in [3.05, 3.63) is 89.5 Å². The maximum atomic E-state index is 12.5. The van der Waals surface area contributed by atoms with Crippen molar-refractivity contribution in [3.63, 3.8) is 0 Å². The van der Waals surface area contributed by atoms with Crippen molar-refractivity contribution < 1.29 is 14.3 Å². The van der Waals surface area contributed by atoms with Crippen molar-refractivity contribution in [1.29, 1.82) is 0 Å². The molecule has 2 aromatic heterocycles. The maximum absolute atomic E-state index is 12.5. The van der Waals surface area contributed by atoms with Crippen molar-refractivity contribution in [1.82, 2.24) is 19.6 Å². The summed E-state index contributed by atoms with van der Waals surface area (Å²) in [5.74, 6) is 0.137. The Kier molecular flexibility index (Phi) is 6.21. The van der Waals surface area contributed by atoms with Crippen molar-refractivity contribution in [3.8, 4) is 5.75 Å². The van der Waals surface area contributed by atoms with E-state index in [1.165, 1.54) is 0 Å². The van der Waals surface area contributed by atoms with Gasteiger partial charge in [-0.1, -0.05) is 12.1 Å². The van der Waals surface area contributed by atoms with E-state index in [2.05, 4.69) is 20.8 Å². The third kappa shape index (κ3) is 5.45. The van der Waals surface area contributed by atoms with Gasteiger partial charge in [0.2, 0.25) is 0 Å². The predicted octanol–water partition coefficient (Wildman–Crippen LogP) is 3.77. The fourth-order valence-corrected chi connectivity index (χ4v) is 3.12. The number of rotatable bonds is 7. The minimum atomic E-state index is -0.342. The molecule has 0 aliphatic carbocycles. The Labute approximate surface area is 191 Å². The van der Waals surface area contributed by atoms with Crippen LogP contribution in [0, 0.1) is 13.8 Å². The van der Waals surface area contributed by atoms with Crippen LogP contribution in [0.25, 0.3) is 0 Å². The molecule has 2 amide bonds. The van der Waals surface area contributed by atoms with E-state index in [0.717, 1.165) is 16.9 Å². The van der Waals surface area contributed by atoms with Crippen LogP contribution in [0.2, 0.25) is 0 Å². The highest BCUT2D eigenvalue weighted by Gasteiger charge is 2.12. The van der Waals surface area contributed by atoms with Crippen molar-refractivity contribution >= 4 is 23.2 Å². The first-order chi connectivity index (χ1) is 15.9. The largest absolute Gasteiger partial charge is 0.471 e. The number of nitrogens with one attached hydrogen (secondary N) is 2. The van der Waals surface area contributed by atoms with Crippen LogP contribution in [0.5, 0.6) is 5.75 Å². The van der Waals surface area contributed by atoms with Crippen LogP contribution in [0.15, 0.2) is 67.0 Å². The Morgan fingerprint density at radius 3 is 2.06 bits per heavy atom. The lowest BCUT2D eigenvalue weighted by Gasteiger charge is -2.10. The first kappa shape index (κ1) is 21.8. The number of ether oxygens (including phenoxy) is 1. The quantitative estimate of drug-likeness (QED) is 0.452. The molecule has 9 nitrogen and oxygen atoms in total. The van der Waals surface area contributed by atoms with Gasteiger partial charge in [0.15, 0.2) is 18.1 Å². The number of carbonyl (C=O) groups excluding carboxylic acids is 2. The highest BCUT2D eigenvalue weighted by atomic mass is 16.5. The van der Waals surface area contributed by atoms with Crippen LogP contribution in [-0.4, -0.2) is 31.4 Å². The molecule has 33 heavy (non-hydrogen) atoms. The molecule has 0 unspecified atom stereocenters. The number of hydrogen-bond donors (Lipinski definition) is 2. The van der Waals surface area contributed by atoms with E-state index in [-0.39, 0.29) is 24.2 Å². The Bertz CT molecular complexity index is 1290. The molecular formula is C24H24N6O3. The van der Waals surface area contributed by atoms with Crippen molar-refractivity contribution in [2.45, 2.75) is 20.6 Å². The third-order valence-corrected chi connectivity index (χ3v) is 4.92. The van der Waals surface area contributed by atoms with Crippen LogP contribution in [0.4, 0.5) is 11.4 Å². The standard InChI is InChI=1S/C24H24N6O3/c1-16-4-5-17(2)22(14-16)33-15-30-13-11-21(28-30)24(32)26-19-8-6-18(7-9-19)25-23(31)20-10-12-29(3)27-20/h4-14H,15H2,1-3H3,(H,25,31)(H,26,32). The molecule has 0 atom stereocenters. The number of aryl methyl sites for hydroxylation is 3. The van der Waals surface area contributed by atoms with Gasteiger partial charge in [-0.2, -0.15) is 10.2 Å². The molecule has 0 saturated heterocycles. The summed E-state index contributed by atoms with van der Waals surface area (Å²) in [5.41, 5.74) is 3.91. The summed E-state index contributed by atoms with van der Waals surface area (Å²) < 4.78 is 8.94. The highest BCUT2D eigenvalue weighted by molar-refractivity contribution is 6.04. The average Bonchev–Trinajstić information content (AvgIpc) is 3.45. The molecule has 0 radical (unpaired) electrons. The summed E-state index contributed by atoms with van der Waals surface area (Å²) in [6.45, 7) is 4.18. The van der Waals surface area contributed by atoms with Crippen molar-refractivity contribution in [2.75, 3.05) is 10.6 Å². The summed E-state index contributed by atoms with van der Waals surface area (Å²) in [6, 6.07) is 16.1. The van der Waals surface area contributed by atoms with Gasteiger partial charge in [-0.25, -0.2) is 4.68 Å². The van der Waals surface area contributed by atoms with E-state index in [1.54, 1.807) is 65.2 Å². The lowest BCUT2D eigenvalue weighted by Crippen LogP contribution is -2.15. The molecule has 0 aliphatic heterocycles. The summed E-state index contributed by atoms with van der Waals surface area (Å²) in [5, 5.41) is 13.9. The highest BCUT2D eigenvalue weighted by Crippen LogP contribution is 2.19. The Balaban J connectivity index is 1.32. The maximum Gasteiger partial charge on any atom is 0.276 e. The van der Waals surface area contributed by atoms with Gasteiger partial charge >= 0.3 is 0 Å². The number of anilines is 2. The predicted molar refractivity (Wildman–Crippen MR) is 124 cm³/mol. The fourth-order valence-electron chi connectivity index (χ4n) is 3.12. The Hall–Kier alpha value is -4.40.